The van der Waals surface area contributed by atoms with E-state index in [1.165, 1.54) is 6.07 Å². The van der Waals surface area contributed by atoms with Crippen LogP contribution >= 0.6 is 0 Å². The first-order chi connectivity index (χ1) is 14.0. The molecule has 150 valence electrons. The SMILES string of the molecule is CCCOc1ccc(-c2noc(C3CC(=O)N(c4ccc(F)c(C)c4)C3)n2)cc1. The van der Waals surface area contributed by atoms with Crippen LogP contribution in [0.5, 0.6) is 5.75 Å². The molecule has 29 heavy (non-hydrogen) atoms. The number of rotatable bonds is 6. The van der Waals surface area contributed by atoms with Gasteiger partial charge in [-0.15, -0.1) is 0 Å². The van der Waals surface area contributed by atoms with Gasteiger partial charge >= 0.3 is 0 Å². The number of aryl methyl sites for hydroxylation is 1. The van der Waals surface area contributed by atoms with Crippen LogP contribution in [0.2, 0.25) is 0 Å². The summed E-state index contributed by atoms with van der Waals surface area (Å²) in [5.41, 5.74) is 2.00. The zero-order chi connectivity index (χ0) is 20.4. The van der Waals surface area contributed by atoms with Gasteiger partial charge in [0, 0.05) is 24.2 Å². The fraction of sp³-hybridized carbons (Fsp3) is 0.318. The highest BCUT2D eigenvalue weighted by Gasteiger charge is 2.35. The molecule has 1 atom stereocenters. The number of anilines is 1. The third-order valence-electron chi connectivity index (χ3n) is 4.95. The molecule has 1 fully saturated rings. The molecule has 0 aliphatic carbocycles. The highest BCUT2D eigenvalue weighted by Crippen LogP contribution is 2.32. The van der Waals surface area contributed by atoms with E-state index >= 15 is 0 Å². The van der Waals surface area contributed by atoms with Gasteiger partial charge in [-0.25, -0.2) is 4.39 Å². The second-order valence-corrected chi connectivity index (χ2v) is 7.17. The van der Waals surface area contributed by atoms with Crippen LogP contribution in [0.1, 0.15) is 37.1 Å². The molecule has 3 aromatic rings. The highest BCUT2D eigenvalue weighted by molar-refractivity contribution is 5.96. The summed E-state index contributed by atoms with van der Waals surface area (Å²) in [5, 5.41) is 4.07. The van der Waals surface area contributed by atoms with Crippen molar-refractivity contribution in [2.45, 2.75) is 32.6 Å². The number of nitrogens with zero attached hydrogens (tertiary/aromatic N) is 3. The largest absolute Gasteiger partial charge is 0.494 e. The number of amides is 1. The molecule has 1 aliphatic rings. The third-order valence-corrected chi connectivity index (χ3v) is 4.95. The van der Waals surface area contributed by atoms with Crippen LogP contribution in [-0.2, 0) is 4.79 Å². The Morgan fingerprint density at radius 1 is 1.24 bits per heavy atom. The molecular formula is C22H22FN3O3. The van der Waals surface area contributed by atoms with Crippen molar-refractivity contribution < 1.29 is 18.4 Å². The topological polar surface area (TPSA) is 68.5 Å². The summed E-state index contributed by atoms with van der Waals surface area (Å²) in [6.07, 6.45) is 1.23. The first-order valence-corrected chi connectivity index (χ1v) is 9.68. The minimum absolute atomic E-state index is 0.0433. The normalized spacial score (nSPS) is 16.4. The lowest BCUT2D eigenvalue weighted by Crippen LogP contribution is -2.24. The summed E-state index contributed by atoms with van der Waals surface area (Å²) in [6, 6.07) is 12.2. The Kier molecular flexibility index (Phi) is 5.29. The van der Waals surface area contributed by atoms with Gasteiger partial charge in [0.15, 0.2) is 0 Å². The lowest BCUT2D eigenvalue weighted by atomic mass is 10.1. The van der Waals surface area contributed by atoms with Crippen molar-refractivity contribution in [3.05, 3.63) is 59.7 Å². The predicted octanol–water partition coefficient (Wildman–Crippen LogP) is 4.49. The Morgan fingerprint density at radius 2 is 2.03 bits per heavy atom. The van der Waals surface area contributed by atoms with Gasteiger partial charge in [-0.3, -0.25) is 4.79 Å². The van der Waals surface area contributed by atoms with Gasteiger partial charge in [0.2, 0.25) is 17.6 Å². The van der Waals surface area contributed by atoms with Gasteiger partial charge in [-0.2, -0.15) is 4.98 Å². The van der Waals surface area contributed by atoms with Crippen LogP contribution in [0.25, 0.3) is 11.4 Å². The van der Waals surface area contributed by atoms with Crippen molar-refractivity contribution >= 4 is 11.6 Å². The molecule has 6 nitrogen and oxygen atoms in total. The maximum absolute atomic E-state index is 13.5. The maximum atomic E-state index is 13.5. The van der Waals surface area contributed by atoms with Gasteiger partial charge in [-0.1, -0.05) is 12.1 Å². The number of carbonyl (C=O) groups excluding carboxylic acids is 1. The first-order valence-electron chi connectivity index (χ1n) is 9.68. The van der Waals surface area contributed by atoms with Crippen LogP contribution in [-0.4, -0.2) is 29.2 Å². The van der Waals surface area contributed by atoms with Gasteiger partial charge in [0.1, 0.15) is 11.6 Å². The van der Waals surface area contributed by atoms with Crippen molar-refractivity contribution in [1.82, 2.24) is 10.1 Å². The minimum atomic E-state index is -0.287. The van der Waals surface area contributed by atoms with Crippen molar-refractivity contribution in [1.29, 1.82) is 0 Å². The molecule has 7 heteroatoms. The summed E-state index contributed by atoms with van der Waals surface area (Å²) >= 11 is 0. The summed E-state index contributed by atoms with van der Waals surface area (Å²) in [5.74, 6) is 1.18. The molecule has 1 unspecified atom stereocenters. The average Bonchev–Trinajstić information content (AvgIpc) is 3.36. The van der Waals surface area contributed by atoms with E-state index in [0.29, 0.717) is 36.1 Å². The number of aromatic nitrogens is 2. The first kappa shape index (κ1) is 19.1. The van der Waals surface area contributed by atoms with Gasteiger partial charge < -0.3 is 14.2 Å². The van der Waals surface area contributed by atoms with Crippen molar-refractivity contribution in [2.75, 3.05) is 18.1 Å². The van der Waals surface area contributed by atoms with Crippen LogP contribution < -0.4 is 9.64 Å². The molecule has 1 amide bonds. The van der Waals surface area contributed by atoms with E-state index < -0.39 is 0 Å². The van der Waals surface area contributed by atoms with Gasteiger partial charge in [0.05, 0.1) is 12.5 Å². The highest BCUT2D eigenvalue weighted by atomic mass is 19.1. The Morgan fingerprint density at radius 3 is 2.76 bits per heavy atom. The number of hydrogen-bond acceptors (Lipinski definition) is 5. The van der Waals surface area contributed by atoms with Gasteiger partial charge in [0.25, 0.3) is 0 Å². The number of hydrogen-bond donors (Lipinski definition) is 0. The predicted molar refractivity (Wildman–Crippen MR) is 106 cm³/mol. The quantitative estimate of drug-likeness (QED) is 0.615. The van der Waals surface area contributed by atoms with E-state index in [4.69, 9.17) is 9.26 Å². The second kappa shape index (κ2) is 8.03. The standard InChI is InChI=1S/C22H22FN3O3/c1-3-10-28-18-7-4-15(5-8-18)21-24-22(29-25-21)16-12-20(27)26(13-16)17-6-9-19(23)14(2)11-17/h4-9,11,16H,3,10,12-13H2,1-2H3. The molecule has 1 aromatic heterocycles. The molecule has 2 aromatic carbocycles. The van der Waals surface area contributed by atoms with Gasteiger partial charge in [-0.05, 0) is 61.4 Å². The molecule has 0 bridgehead atoms. The lowest BCUT2D eigenvalue weighted by molar-refractivity contribution is -0.117. The average molecular weight is 395 g/mol. The Labute approximate surface area is 168 Å². The number of ether oxygens (including phenoxy) is 1. The van der Waals surface area contributed by atoms with Crippen molar-refractivity contribution in [3.63, 3.8) is 0 Å². The fourth-order valence-corrected chi connectivity index (χ4v) is 3.36. The van der Waals surface area contributed by atoms with E-state index in [2.05, 4.69) is 17.1 Å². The minimum Gasteiger partial charge on any atom is -0.494 e. The number of carbonyl (C=O) groups is 1. The summed E-state index contributed by atoms with van der Waals surface area (Å²) in [4.78, 5) is 18.6. The van der Waals surface area contributed by atoms with Crippen LogP contribution in [0.4, 0.5) is 10.1 Å². The molecule has 0 radical (unpaired) electrons. The zero-order valence-electron chi connectivity index (χ0n) is 16.4. The molecule has 0 spiro atoms. The fourth-order valence-electron chi connectivity index (χ4n) is 3.36. The third kappa shape index (κ3) is 3.99. The van der Waals surface area contributed by atoms with E-state index in [9.17, 15) is 9.18 Å². The zero-order valence-corrected chi connectivity index (χ0v) is 16.4. The molecule has 1 aliphatic heterocycles. The number of benzene rings is 2. The molecule has 2 heterocycles. The maximum Gasteiger partial charge on any atom is 0.232 e. The second-order valence-electron chi connectivity index (χ2n) is 7.17. The molecule has 0 N–H and O–H groups in total. The summed E-state index contributed by atoms with van der Waals surface area (Å²) < 4.78 is 24.6. The van der Waals surface area contributed by atoms with E-state index in [1.807, 2.05) is 24.3 Å². The van der Waals surface area contributed by atoms with Crippen LogP contribution in [0.3, 0.4) is 0 Å². The van der Waals surface area contributed by atoms with Crippen LogP contribution in [0.15, 0.2) is 47.0 Å². The Hall–Kier alpha value is -3.22. The Bertz CT molecular complexity index is 1020. The van der Waals surface area contributed by atoms with E-state index in [-0.39, 0.29) is 24.1 Å². The van der Waals surface area contributed by atoms with Crippen molar-refractivity contribution in [3.8, 4) is 17.1 Å². The van der Waals surface area contributed by atoms with Crippen molar-refractivity contribution in [2.24, 2.45) is 0 Å². The summed E-state index contributed by atoms with van der Waals surface area (Å²) in [7, 11) is 0. The molecule has 0 saturated carbocycles. The van der Waals surface area contributed by atoms with E-state index in [0.717, 1.165) is 17.7 Å². The monoisotopic (exact) mass is 395 g/mol. The molecule has 4 rings (SSSR count). The number of halogens is 1. The lowest BCUT2D eigenvalue weighted by Gasteiger charge is -2.16. The summed E-state index contributed by atoms with van der Waals surface area (Å²) in [6.45, 7) is 4.84. The molecule has 1 saturated heterocycles. The smallest absolute Gasteiger partial charge is 0.232 e. The Balaban J connectivity index is 1.48. The molecular weight excluding hydrogens is 373 g/mol. The van der Waals surface area contributed by atoms with E-state index in [1.54, 1.807) is 24.0 Å². The van der Waals surface area contributed by atoms with Crippen LogP contribution in [0, 0.1) is 12.7 Å².